The van der Waals surface area contributed by atoms with Gasteiger partial charge in [0.05, 0.1) is 63.6 Å². The molecule has 0 bridgehead atoms. The zero-order chi connectivity index (χ0) is 98.8. The minimum absolute atomic E-state index is 0.00482. The van der Waals surface area contributed by atoms with E-state index in [-0.39, 0.29) is 77.6 Å². The summed E-state index contributed by atoms with van der Waals surface area (Å²) in [5.41, 5.74) is 10.2. The summed E-state index contributed by atoms with van der Waals surface area (Å²) in [6.45, 7) is 17.2. The van der Waals surface area contributed by atoms with Crippen LogP contribution in [0.3, 0.4) is 0 Å². The Morgan fingerprint density at radius 2 is 1.52 bits per heavy atom. The van der Waals surface area contributed by atoms with E-state index >= 15 is 8.63 Å². The minimum atomic E-state index is -5.30. The second-order valence-electron chi connectivity index (χ2n) is 35.0. The highest BCUT2D eigenvalue weighted by molar-refractivity contribution is 8.01. The average Bonchev–Trinajstić information content (AvgIpc) is 1.39. The number of nitrogen functional groups attached to an aromatic ring is 1. The Morgan fingerprint density at radius 1 is 0.809 bits per heavy atom. The number of nitrogens with zero attached hydrogens (tertiary/aromatic N) is 10. The molecule has 10 N–H and O–H groups in total. The van der Waals surface area contributed by atoms with Gasteiger partial charge in [0.25, 0.3) is 11.5 Å². The number of carboxylic acid groups (broad SMARTS) is 3. The number of amides is 5. The van der Waals surface area contributed by atoms with Crippen LogP contribution >= 0.6 is 23.5 Å². The normalized spacial score (nSPS) is 15.8. The molecule has 2 unspecified atom stereocenters. The lowest BCUT2D eigenvalue weighted by molar-refractivity contribution is -0.457. The van der Waals surface area contributed by atoms with Gasteiger partial charge in [-0.3, -0.25) is 57.8 Å². The van der Waals surface area contributed by atoms with Crippen molar-refractivity contribution in [3.63, 3.8) is 0 Å². The molecule has 5 amide bonds. The smallest absolute Gasteiger partial charge is 0.732 e. The van der Waals surface area contributed by atoms with Crippen molar-refractivity contribution in [3.05, 3.63) is 165 Å². The molecule has 3 aromatic carbocycles. The van der Waals surface area contributed by atoms with Gasteiger partial charge in [-0.2, -0.15) is 4.98 Å². The number of allylic oxidation sites excluding steroid dienone is 1. The molecule has 37 nitrogen and oxygen atoms in total. The second kappa shape index (κ2) is 43.5. The van der Waals surface area contributed by atoms with Crippen LogP contribution in [0.5, 0.6) is 0 Å². The third kappa shape index (κ3) is 25.0. The second-order valence-corrected chi connectivity index (χ2v) is 49.8. The van der Waals surface area contributed by atoms with Crippen molar-refractivity contribution in [1.29, 1.82) is 0 Å². The SMILES string of the molecule is CCN(CC)c1ccc2c(-c3ccc(S(=O)(=O)CCc4cnc(SC[Si](C)(C)O[Si](C)(C)CCCN5C(=O)CC(SC[C@H](CC(=O)[C@H](CNC(=O)CCC6=[N+]7C(C=C6)Cc6c(C)cc(C)n6[B-]7(F)F)NC(=O)[C@H](CC(=O)O)CC(=O)CC[C@H](NC(=O)c6ccc(NCc7cnc8nc(N)[nH]c(=O)c8n7)cc6)C(=O)O)C(=O)O)C5=O)nc4)cc3S(=O)(=O)[O-])c3ccc(=[N+](CC)CC)cc-3oc2c1. The van der Waals surface area contributed by atoms with Crippen LogP contribution in [-0.2, 0) is 86.6 Å². The van der Waals surface area contributed by atoms with Gasteiger partial charge in [-0.25, -0.2) is 46.1 Å². The Labute approximate surface area is 793 Å². The summed E-state index contributed by atoms with van der Waals surface area (Å²) in [6, 6.07) is 18.4. The van der Waals surface area contributed by atoms with Crippen LogP contribution < -0.4 is 47.4 Å². The average molecular weight is 1980 g/mol. The highest BCUT2D eigenvalue weighted by atomic mass is 32.2. The summed E-state index contributed by atoms with van der Waals surface area (Å²) in [6.07, 6.45) is 3.21. The molecular formula is C90H109BF2N16O21S4Si2. The van der Waals surface area contributed by atoms with Crippen molar-refractivity contribution in [2.75, 3.05) is 72.1 Å². The number of aromatic amines is 1. The molecule has 7 aromatic rings. The Morgan fingerprint density at radius 3 is 2.20 bits per heavy atom. The lowest BCUT2D eigenvalue weighted by Crippen LogP contribution is -2.57. The number of hydrogen-bond acceptors (Lipinski definition) is 28. The number of anilines is 3. The third-order valence-corrected chi connectivity index (χ3v) is 38.0. The molecule has 1 fully saturated rings. The zero-order valence-corrected chi connectivity index (χ0v) is 82.0. The first-order valence-corrected chi connectivity index (χ1v) is 55.8. The van der Waals surface area contributed by atoms with E-state index < -0.39 is 205 Å². The number of likely N-dealkylation sites (tertiary alicyclic amines) is 1. The zero-order valence-electron chi connectivity index (χ0n) is 76.7. The molecule has 4 aliphatic heterocycles. The van der Waals surface area contributed by atoms with Crippen molar-refractivity contribution in [2.24, 2.45) is 11.8 Å². The van der Waals surface area contributed by atoms with E-state index in [4.69, 9.17) is 14.3 Å². The van der Waals surface area contributed by atoms with Gasteiger partial charge in [0.1, 0.15) is 64.2 Å². The summed E-state index contributed by atoms with van der Waals surface area (Å²) < 4.78 is 119. The predicted molar refractivity (Wildman–Crippen MR) is 511 cm³/mol. The van der Waals surface area contributed by atoms with E-state index in [1.54, 1.807) is 26.0 Å². The van der Waals surface area contributed by atoms with Crippen molar-refractivity contribution >= 4 is 171 Å². The van der Waals surface area contributed by atoms with E-state index in [0.29, 0.717) is 111 Å². The number of nitrogens with one attached hydrogen (secondary N) is 5. The van der Waals surface area contributed by atoms with Crippen LogP contribution in [0.1, 0.15) is 124 Å². The fraction of sp³-hybridized carbons (Fsp3) is 0.422. The number of aryl methyl sites for hydroxylation is 3. The molecule has 12 rings (SSSR count). The largest absolute Gasteiger partial charge is 0.744 e. The summed E-state index contributed by atoms with van der Waals surface area (Å²) in [7, 11) is -14.6. The van der Waals surface area contributed by atoms with Gasteiger partial charge in [0.15, 0.2) is 48.6 Å². The van der Waals surface area contributed by atoms with Crippen LogP contribution in [-0.4, -0.2) is 248 Å². The van der Waals surface area contributed by atoms with E-state index in [1.807, 2.05) is 90.3 Å². The van der Waals surface area contributed by atoms with Crippen LogP contribution in [0.2, 0.25) is 32.2 Å². The maximum absolute atomic E-state index is 16.4. The predicted octanol–water partition coefficient (Wildman–Crippen LogP) is 8.15. The van der Waals surface area contributed by atoms with E-state index in [1.165, 1.54) is 72.8 Å². The number of imide groups is 1. The van der Waals surface area contributed by atoms with Crippen LogP contribution in [0, 0.1) is 25.7 Å². The first-order chi connectivity index (χ1) is 64.3. The lowest BCUT2D eigenvalue weighted by atomic mass is 9.86. The molecule has 0 radical (unpaired) electrons. The third-order valence-electron chi connectivity index (χ3n) is 24.2. The molecule has 1 aliphatic carbocycles. The number of carboxylic acids is 3. The molecule has 0 saturated carbocycles. The molecule has 136 heavy (non-hydrogen) atoms. The molecule has 8 heterocycles. The number of halogens is 2. The van der Waals surface area contributed by atoms with Crippen molar-refractivity contribution in [2.45, 2.75) is 189 Å². The molecular weight excluding hydrogens is 1870 g/mol. The number of H-pyrrole nitrogens is 1. The maximum Gasteiger partial charge on any atom is 0.732 e. The number of ketones is 2. The highest BCUT2D eigenvalue weighted by Gasteiger charge is 2.55. The first-order valence-electron chi connectivity index (χ1n) is 44.5. The molecule has 46 heteroatoms. The fourth-order valence-electron chi connectivity index (χ4n) is 17.4. The summed E-state index contributed by atoms with van der Waals surface area (Å²) in [4.78, 5) is 173. The van der Waals surface area contributed by atoms with Gasteiger partial charge in [-0.1, -0.05) is 17.8 Å². The maximum atomic E-state index is 16.4. The topological polar surface area (TPSA) is 534 Å². The molecule has 0 spiro atoms. The van der Waals surface area contributed by atoms with Gasteiger partial charge >= 0.3 is 24.9 Å². The molecule has 4 aromatic heterocycles. The van der Waals surface area contributed by atoms with Gasteiger partial charge in [0, 0.05) is 152 Å². The van der Waals surface area contributed by atoms with Gasteiger partial charge in [-0.15, -0.1) is 11.8 Å². The van der Waals surface area contributed by atoms with Gasteiger partial charge in [0.2, 0.25) is 34.9 Å². The van der Waals surface area contributed by atoms with Crippen LogP contribution in [0.15, 0.2) is 140 Å². The van der Waals surface area contributed by atoms with Crippen molar-refractivity contribution in [1.82, 2.24) is 59.8 Å². The molecule has 724 valence electrons. The van der Waals surface area contributed by atoms with Crippen molar-refractivity contribution in [3.8, 4) is 22.5 Å². The van der Waals surface area contributed by atoms with Crippen LogP contribution in [0.25, 0.3) is 44.6 Å². The van der Waals surface area contributed by atoms with E-state index in [0.717, 1.165) is 42.7 Å². The number of Topliss-reactive ketones (excluding diaryl/α,β-unsaturated/α-hetero) is 2. The number of carbonyl (C=O) groups is 10. The number of carbonyl (C=O) groups excluding carboxylic acids is 7. The monoisotopic (exact) mass is 1980 g/mol. The molecule has 5 aliphatic rings. The Hall–Kier alpha value is -12.1. The summed E-state index contributed by atoms with van der Waals surface area (Å²) in [5.74, 6) is -14.5. The minimum Gasteiger partial charge on any atom is -0.744 e. The number of sulfone groups is 1. The van der Waals surface area contributed by atoms with Gasteiger partial charge in [-0.05, 0) is 182 Å². The number of benzene rings is 4. The first kappa shape index (κ1) is 103. The fourth-order valence-corrected chi connectivity index (χ4v) is 31.0. The number of aliphatic carboxylic acids is 3. The van der Waals surface area contributed by atoms with E-state index in [9.17, 15) is 89.4 Å². The molecule has 1 saturated heterocycles. The highest BCUT2D eigenvalue weighted by Crippen LogP contribution is 2.45. The number of nitrogens with two attached hydrogens (primary N) is 1. The Bertz CT molecular complexity index is 6580. The quantitative estimate of drug-likeness (QED) is 0.00330. The summed E-state index contributed by atoms with van der Waals surface area (Å²) in [5, 5.41) is 42.3. The number of rotatable bonds is 47. The number of hydrogen-bond donors (Lipinski definition) is 9. The Kier molecular flexibility index (Phi) is 32.9. The number of fused-ring (bicyclic) bond motifs is 5. The van der Waals surface area contributed by atoms with Crippen LogP contribution in [0.4, 0.5) is 26.0 Å². The standard InChI is InChI=1S/C90H109BF2N16O21S4Si2/c1-11-105(12-2)61-22-27-66-73(41-61)129-74-42-62(106(13-3)14-4)23-28-67(74)80(66)68-29-26-65(43-76(68)134(126,127)128)133(124,125)34-32-54-45-98-90(99-46-54)132-51-136(9,10)130-135(7,8)35-15-33-107-78(113)44-75(86(107)119)131-50-57(87(120)121)38-72(111)70(49-96-77(112)31-24-60-20-21-63-40-71-52(5)36-53(6)108(71)91(92,93)109(60)63)102-84(117)56(39-79(114)115)37-64(110)25-30-69(88(122)123)101-83(116)55-16-18-58(19-17-55)95-47-59-48-97-82-81(100-59)85(118)104-89(94)103-82/h16-23,26-29,36,41-43,45-46,48,56-57,63,69-70,75H,11-15,24-25,30-35,37-40,44,47,49-51H2,1-10H3,(H10-,94,95,96,97,101,102,103,104,112,114,115,116,117,118,120,121,122,123,126,127,128)/t56-,57-,63?,69-,70-,75?/m0/s1. The summed E-state index contributed by atoms with van der Waals surface area (Å²) >= 11 is 2.15. The molecule has 6 atom stereocenters. The van der Waals surface area contributed by atoms with E-state index in [2.05, 4.69) is 60.6 Å². The van der Waals surface area contributed by atoms with Gasteiger partial charge < -0.3 is 77.9 Å². The lowest BCUT2D eigenvalue weighted by Gasteiger charge is -2.35. The Balaban J connectivity index is 0.635. The number of thioether (sulfide) groups is 2. The number of aromatic nitrogens is 7. The van der Waals surface area contributed by atoms with Crippen molar-refractivity contribution < 1.29 is 106 Å².